The molecule has 1 aromatic heterocycles. The number of hydrogen-bond donors (Lipinski definition) is 1. The summed E-state index contributed by atoms with van der Waals surface area (Å²) < 4.78 is 7.05. The fourth-order valence-electron chi connectivity index (χ4n) is 2.16. The molecule has 0 fully saturated rings. The number of hydrogen-bond acceptors (Lipinski definition) is 3. The van der Waals surface area contributed by atoms with Crippen LogP contribution in [0.2, 0.25) is 5.02 Å². The van der Waals surface area contributed by atoms with Crippen molar-refractivity contribution in [3.8, 4) is 11.4 Å². The number of aromatic nitrogens is 2. The Balaban J connectivity index is 2.53. The van der Waals surface area contributed by atoms with Gasteiger partial charge in [0.2, 0.25) is 0 Å². The highest BCUT2D eigenvalue weighted by molar-refractivity contribution is 6.32. The van der Waals surface area contributed by atoms with Crippen LogP contribution in [0.3, 0.4) is 0 Å². The van der Waals surface area contributed by atoms with Crippen molar-refractivity contribution >= 4 is 11.6 Å². The third-order valence-corrected chi connectivity index (χ3v) is 3.33. The van der Waals surface area contributed by atoms with Crippen LogP contribution < -0.4 is 10.5 Å². The van der Waals surface area contributed by atoms with Crippen molar-refractivity contribution in [1.82, 2.24) is 9.78 Å². The van der Waals surface area contributed by atoms with Crippen LogP contribution in [-0.4, -0.2) is 16.9 Å². The van der Waals surface area contributed by atoms with Gasteiger partial charge < -0.3 is 10.5 Å². The average molecular weight is 280 g/mol. The van der Waals surface area contributed by atoms with E-state index >= 15 is 0 Å². The Morgan fingerprint density at radius 1 is 1.42 bits per heavy atom. The maximum atomic E-state index is 6.16. The van der Waals surface area contributed by atoms with Crippen molar-refractivity contribution < 1.29 is 4.74 Å². The van der Waals surface area contributed by atoms with Crippen LogP contribution >= 0.6 is 11.6 Å². The highest BCUT2D eigenvalue weighted by atomic mass is 35.5. The van der Waals surface area contributed by atoms with Gasteiger partial charge in [0.25, 0.3) is 0 Å². The third kappa shape index (κ3) is 2.60. The monoisotopic (exact) mass is 279 g/mol. The maximum absolute atomic E-state index is 6.16. The van der Waals surface area contributed by atoms with E-state index in [4.69, 9.17) is 22.1 Å². The number of methoxy groups -OCH3 is 1. The third-order valence-electron chi connectivity index (χ3n) is 3.03. The topological polar surface area (TPSA) is 53.1 Å². The molecule has 2 aromatic rings. The van der Waals surface area contributed by atoms with Crippen molar-refractivity contribution in [2.45, 2.75) is 26.3 Å². The summed E-state index contributed by atoms with van der Waals surface area (Å²) in [5, 5.41) is 4.98. The summed E-state index contributed by atoms with van der Waals surface area (Å²) in [6.07, 6.45) is 1.81. The molecule has 0 saturated heterocycles. The van der Waals surface area contributed by atoms with Gasteiger partial charge in [0.15, 0.2) is 0 Å². The molecule has 4 nitrogen and oxygen atoms in total. The first-order chi connectivity index (χ1) is 9.08. The number of rotatable bonds is 4. The smallest absolute Gasteiger partial charge is 0.137 e. The molecule has 0 bridgehead atoms. The molecule has 1 aromatic carbocycles. The SMILES string of the molecule is COc1ccc(-n2ncc(CN)c2C(C)C)cc1Cl. The molecule has 0 aliphatic heterocycles. The van der Waals surface area contributed by atoms with Crippen molar-refractivity contribution in [1.29, 1.82) is 0 Å². The number of benzene rings is 1. The molecule has 0 spiro atoms. The van der Waals surface area contributed by atoms with E-state index in [2.05, 4.69) is 18.9 Å². The van der Waals surface area contributed by atoms with E-state index in [-0.39, 0.29) is 0 Å². The van der Waals surface area contributed by atoms with E-state index in [1.165, 1.54) is 0 Å². The molecule has 5 heteroatoms. The summed E-state index contributed by atoms with van der Waals surface area (Å²) in [6.45, 7) is 4.73. The second-order valence-electron chi connectivity index (χ2n) is 4.64. The van der Waals surface area contributed by atoms with Gasteiger partial charge in [-0.25, -0.2) is 4.68 Å². The predicted molar refractivity (Wildman–Crippen MR) is 77.1 cm³/mol. The van der Waals surface area contributed by atoms with Gasteiger partial charge in [-0.05, 0) is 24.1 Å². The molecule has 1 heterocycles. The molecule has 0 radical (unpaired) electrons. The molecule has 0 atom stereocenters. The Morgan fingerprint density at radius 2 is 2.16 bits per heavy atom. The first-order valence-corrected chi connectivity index (χ1v) is 6.57. The highest BCUT2D eigenvalue weighted by Gasteiger charge is 2.15. The molecule has 102 valence electrons. The van der Waals surface area contributed by atoms with Crippen LogP contribution in [0.5, 0.6) is 5.75 Å². The number of ether oxygens (including phenoxy) is 1. The summed E-state index contributed by atoms with van der Waals surface area (Å²) in [5.41, 5.74) is 8.84. The molecule has 2 N–H and O–H groups in total. The zero-order valence-corrected chi connectivity index (χ0v) is 12.1. The summed E-state index contributed by atoms with van der Waals surface area (Å²) in [4.78, 5) is 0. The van der Waals surface area contributed by atoms with Gasteiger partial charge in [-0.2, -0.15) is 5.10 Å². The molecule has 0 aliphatic carbocycles. The molecular weight excluding hydrogens is 262 g/mol. The Kier molecular flexibility index (Phi) is 4.12. The lowest BCUT2D eigenvalue weighted by Crippen LogP contribution is -2.07. The second-order valence-corrected chi connectivity index (χ2v) is 5.05. The lowest BCUT2D eigenvalue weighted by Gasteiger charge is -2.13. The van der Waals surface area contributed by atoms with Crippen molar-refractivity contribution in [2.75, 3.05) is 7.11 Å². The first-order valence-electron chi connectivity index (χ1n) is 6.19. The second kappa shape index (κ2) is 5.63. The van der Waals surface area contributed by atoms with Gasteiger partial charge in [0, 0.05) is 12.1 Å². The largest absolute Gasteiger partial charge is 0.495 e. The maximum Gasteiger partial charge on any atom is 0.137 e. The molecular formula is C14H18ClN3O. The lowest BCUT2D eigenvalue weighted by molar-refractivity contribution is 0.415. The average Bonchev–Trinajstić information content (AvgIpc) is 2.82. The minimum Gasteiger partial charge on any atom is -0.495 e. The summed E-state index contributed by atoms with van der Waals surface area (Å²) in [6, 6.07) is 5.62. The fraction of sp³-hybridized carbons (Fsp3) is 0.357. The van der Waals surface area contributed by atoms with Gasteiger partial charge in [-0.1, -0.05) is 25.4 Å². The number of nitrogens with two attached hydrogens (primary N) is 1. The zero-order valence-electron chi connectivity index (χ0n) is 11.4. The predicted octanol–water partition coefficient (Wildman–Crippen LogP) is 3.12. The Bertz CT molecular complexity index is 578. The van der Waals surface area contributed by atoms with E-state index in [1.54, 1.807) is 7.11 Å². The van der Waals surface area contributed by atoms with Crippen molar-refractivity contribution in [2.24, 2.45) is 5.73 Å². The zero-order chi connectivity index (χ0) is 14.0. The molecule has 0 unspecified atom stereocenters. The van der Waals surface area contributed by atoms with Gasteiger partial charge in [-0.15, -0.1) is 0 Å². The van der Waals surface area contributed by atoms with Crippen LogP contribution in [0.1, 0.15) is 31.0 Å². The minimum absolute atomic E-state index is 0.335. The van der Waals surface area contributed by atoms with Crippen molar-refractivity contribution in [3.05, 3.63) is 40.7 Å². The quantitative estimate of drug-likeness (QED) is 0.935. The van der Waals surface area contributed by atoms with Crippen LogP contribution in [0.25, 0.3) is 5.69 Å². The van der Waals surface area contributed by atoms with Crippen LogP contribution in [0.4, 0.5) is 0 Å². The first kappa shape index (κ1) is 13.9. The van der Waals surface area contributed by atoms with E-state index in [9.17, 15) is 0 Å². The Morgan fingerprint density at radius 3 is 2.68 bits per heavy atom. The van der Waals surface area contributed by atoms with Gasteiger partial charge >= 0.3 is 0 Å². The number of nitrogens with zero attached hydrogens (tertiary/aromatic N) is 2. The standard InChI is InChI=1S/C14H18ClN3O/c1-9(2)14-10(7-16)8-17-18(14)11-4-5-13(19-3)12(15)6-11/h4-6,8-9H,7,16H2,1-3H3. The Labute approximate surface area is 118 Å². The highest BCUT2D eigenvalue weighted by Crippen LogP contribution is 2.29. The van der Waals surface area contributed by atoms with Crippen LogP contribution in [0, 0.1) is 0 Å². The summed E-state index contributed by atoms with van der Waals surface area (Å²) in [5.74, 6) is 0.990. The summed E-state index contributed by atoms with van der Waals surface area (Å²) in [7, 11) is 1.60. The molecule has 2 rings (SSSR count). The molecule has 0 amide bonds. The number of halogens is 1. The van der Waals surface area contributed by atoms with E-state index in [0.29, 0.717) is 23.2 Å². The van der Waals surface area contributed by atoms with Gasteiger partial charge in [0.05, 0.1) is 29.7 Å². The van der Waals surface area contributed by atoms with Gasteiger partial charge in [-0.3, -0.25) is 0 Å². The van der Waals surface area contributed by atoms with E-state index < -0.39 is 0 Å². The molecule has 19 heavy (non-hydrogen) atoms. The van der Waals surface area contributed by atoms with Crippen molar-refractivity contribution in [3.63, 3.8) is 0 Å². The fourth-order valence-corrected chi connectivity index (χ4v) is 2.41. The lowest BCUT2D eigenvalue weighted by atomic mass is 10.1. The van der Waals surface area contributed by atoms with Crippen LogP contribution in [-0.2, 0) is 6.54 Å². The van der Waals surface area contributed by atoms with E-state index in [1.807, 2.05) is 29.1 Å². The summed E-state index contributed by atoms with van der Waals surface area (Å²) >= 11 is 6.16. The minimum atomic E-state index is 0.335. The molecule has 0 aliphatic rings. The normalized spacial score (nSPS) is 11.1. The molecule has 0 saturated carbocycles. The van der Waals surface area contributed by atoms with Crippen LogP contribution in [0.15, 0.2) is 24.4 Å². The Hall–Kier alpha value is -1.52. The van der Waals surface area contributed by atoms with E-state index in [0.717, 1.165) is 16.9 Å². The van der Waals surface area contributed by atoms with Gasteiger partial charge in [0.1, 0.15) is 5.75 Å².